The molecule has 116 valence electrons. The number of rotatable bonds is 11. The van der Waals surface area contributed by atoms with Crippen molar-refractivity contribution in [2.45, 2.75) is 59.5 Å². The Bertz CT molecular complexity index is 351. The van der Waals surface area contributed by atoms with Crippen molar-refractivity contribution >= 4 is 0 Å². The highest BCUT2D eigenvalue weighted by molar-refractivity contribution is 4.90. The Morgan fingerprint density at radius 3 is 2.75 bits per heavy atom. The van der Waals surface area contributed by atoms with E-state index in [4.69, 9.17) is 4.74 Å². The fourth-order valence-corrected chi connectivity index (χ4v) is 2.07. The van der Waals surface area contributed by atoms with Gasteiger partial charge in [0.2, 0.25) is 0 Å². The van der Waals surface area contributed by atoms with E-state index in [1.807, 2.05) is 4.68 Å². The summed E-state index contributed by atoms with van der Waals surface area (Å²) in [7, 11) is 0. The molecule has 20 heavy (non-hydrogen) atoms. The third-order valence-electron chi connectivity index (χ3n) is 3.01. The van der Waals surface area contributed by atoms with Crippen molar-refractivity contribution in [3.8, 4) is 0 Å². The fraction of sp³-hybridized carbons (Fsp3) is 0.867. The molecule has 0 aromatic carbocycles. The van der Waals surface area contributed by atoms with Crippen LogP contribution in [0.1, 0.15) is 46.4 Å². The Labute approximate surface area is 123 Å². The van der Waals surface area contributed by atoms with Gasteiger partial charge in [-0.15, -0.1) is 0 Å². The normalized spacial score (nSPS) is 13.1. The maximum atomic E-state index is 5.69. The highest BCUT2D eigenvalue weighted by atomic mass is 16.5. The number of hydrogen-bond donors (Lipinski definition) is 1. The summed E-state index contributed by atoms with van der Waals surface area (Å²) >= 11 is 0. The maximum absolute atomic E-state index is 5.69. The molecule has 1 aromatic rings. The molecule has 0 saturated carbocycles. The Hall–Kier alpha value is -0.940. The average molecular weight is 282 g/mol. The second-order valence-electron chi connectivity index (χ2n) is 5.68. The molecule has 5 nitrogen and oxygen atoms in total. The Balaban J connectivity index is 2.55. The van der Waals surface area contributed by atoms with Gasteiger partial charge in [0, 0.05) is 25.6 Å². The quantitative estimate of drug-likeness (QED) is 0.633. The number of nitrogens with zero attached hydrogens (tertiary/aromatic N) is 3. The van der Waals surface area contributed by atoms with Crippen LogP contribution in [-0.4, -0.2) is 40.6 Å². The van der Waals surface area contributed by atoms with Gasteiger partial charge in [-0.2, -0.15) is 5.10 Å². The zero-order chi connectivity index (χ0) is 14.8. The van der Waals surface area contributed by atoms with E-state index < -0.39 is 0 Å². The summed E-state index contributed by atoms with van der Waals surface area (Å²) in [6.45, 7) is 12.2. The smallest absolute Gasteiger partial charge is 0.138 e. The van der Waals surface area contributed by atoms with Crippen molar-refractivity contribution in [1.82, 2.24) is 20.1 Å². The first-order valence-corrected chi connectivity index (χ1v) is 7.85. The van der Waals surface area contributed by atoms with Crippen LogP contribution in [0.5, 0.6) is 0 Å². The van der Waals surface area contributed by atoms with Gasteiger partial charge in [0.15, 0.2) is 0 Å². The zero-order valence-corrected chi connectivity index (χ0v) is 13.4. The van der Waals surface area contributed by atoms with E-state index in [2.05, 4.69) is 43.1 Å². The predicted octanol–water partition coefficient (Wildman–Crippen LogP) is 2.27. The van der Waals surface area contributed by atoms with Gasteiger partial charge in [-0.3, -0.25) is 0 Å². The lowest BCUT2D eigenvalue weighted by Crippen LogP contribution is -2.37. The summed E-state index contributed by atoms with van der Waals surface area (Å²) in [5.41, 5.74) is 0. The fourth-order valence-electron chi connectivity index (χ4n) is 2.07. The van der Waals surface area contributed by atoms with Crippen molar-refractivity contribution in [1.29, 1.82) is 0 Å². The average Bonchev–Trinajstić information content (AvgIpc) is 2.82. The molecule has 1 unspecified atom stereocenters. The highest BCUT2D eigenvalue weighted by Crippen LogP contribution is 2.05. The Morgan fingerprint density at radius 2 is 2.10 bits per heavy atom. The lowest BCUT2D eigenvalue weighted by Gasteiger charge is -2.19. The van der Waals surface area contributed by atoms with E-state index in [-0.39, 0.29) is 0 Å². The van der Waals surface area contributed by atoms with E-state index in [0.29, 0.717) is 12.0 Å². The first-order valence-electron chi connectivity index (χ1n) is 7.85. The van der Waals surface area contributed by atoms with E-state index in [9.17, 15) is 0 Å². The molecule has 0 aliphatic carbocycles. The molecule has 0 fully saturated rings. The van der Waals surface area contributed by atoms with Gasteiger partial charge in [0.05, 0.1) is 6.61 Å². The summed E-state index contributed by atoms with van der Waals surface area (Å²) < 4.78 is 7.71. The number of nitrogens with one attached hydrogen (secondary N) is 1. The monoisotopic (exact) mass is 282 g/mol. The first-order chi connectivity index (χ1) is 9.67. The molecule has 0 spiro atoms. The molecule has 0 radical (unpaired) electrons. The molecule has 0 aliphatic rings. The molecule has 0 amide bonds. The minimum Gasteiger partial charge on any atom is -0.380 e. The van der Waals surface area contributed by atoms with E-state index in [1.165, 1.54) is 0 Å². The van der Waals surface area contributed by atoms with Crippen molar-refractivity contribution < 1.29 is 4.74 Å². The summed E-state index contributed by atoms with van der Waals surface area (Å²) in [6, 6.07) is 0.316. The number of ether oxygens (including phenoxy) is 1. The first kappa shape index (κ1) is 17.1. The Morgan fingerprint density at radius 1 is 1.30 bits per heavy atom. The van der Waals surface area contributed by atoms with Gasteiger partial charge < -0.3 is 10.1 Å². The van der Waals surface area contributed by atoms with Gasteiger partial charge in [-0.05, 0) is 25.3 Å². The highest BCUT2D eigenvalue weighted by Gasteiger charge is 2.14. The van der Waals surface area contributed by atoms with Crippen LogP contribution in [0.2, 0.25) is 0 Å². The summed E-state index contributed by atoms with van der Waals surface area (Å²) in [4.78, 5) is 4.40. The molecule has 1 N–H and O–H groups in total. The second-order valence-corrected chi connectivity index (χ2v) is 5.68. The Kier molecular flexibility index (Phi) is 8.46. The maximum Gasteiger partial charge on any atom is 0.138 e. The van der Waals surface area contributed by atoms with Crippen molar-refractivity contribution in [2.75, 3.05) is 19.8 Å². The van der Waals surface area contributed by atoms with Gasteiger partial charge in [0.1, 0.15) is 12.2 Å². The van der Waals surface area contributed by atoms with E-state index >= 15 is 0 Å². The molecule has 1 heterocycles. The lowest BCUT2D eigenvalue weighted by atomic mass is 10.2. The molecule has 0 bridgehead atoms. The summed E-state index contributed by atoms with van der Waals surface area (Å²) in [5.74, 6) is 1.63. The van der Waals surface area contributed by atoms with Crippen LogP contribution in [-0.2, 0) is 17.7 Å². The molecule has 1 rings (SSSR count). The standard InChI is InChI=1S/C15H30N4O/c1-5-7-16-14(11-20-8-6-2)9-15-17-12-18-19(15)10-13(3)4/h12-14,16H,5-11H2,1-4H3. The van der Waals surface area contributed by atoms with Crippen molar-refractivity contribution in [3.05, 3.63) is 12.2 Å². The molecule has 5 heteroatoms. The van der Waals surface area contributed by atoms with Crippen LogP contribution >= 0.6 is 0 Å². The molecular formula is C15H30N4O. The van der Waals surface area contributed by atoms with Crippen LogP contribution in [0.25, 0.3) is 0 Å². The number of hydrogen-bond acceptors (Lipinski definition) is 4. The summed E-state index contributed by atoms with van der Waals surface area (Å²) in [6.07, 6.45) is 4.71. The van der Waals surface area contributed by atoms with Crippen LogP contribution < -0.4 is 5.32 Å². The van der Waals surface area contributed by atoms with Crippen molar-refractivity contribution in [2.24, 2.45) is 5.92 Å². The molecule has 1 aromatic heterocycles. The minimum atomic E-state index is 0.316. The van der Waals surface area contributed by atoms with Crippen LogP contribution in [0.15, 0.2) is 6.33 Å². The van der Waals surface area contributed by atoms with Gasteiger partial charge in [0.25, 0.3) is 0 Å². The topological polar surface area (TPSA) is 52.0 Å². The largest absolute Gasteiger partial charge is 0.380 e. The number of aromatic nitrogens is 3. The minimum absolute atomic E-state index is 0.316. The van der Waals surface area contributed by atoms with Gasteiger partial charge >= 0.3 is 0 Å². The third-order valence-corrected chi connectivity index (χ3v) is 3.01. The molecular weight excluding hydrogens is 252 g/mol. The third kappa shape index (κ3) is 6.48. The summed E-state index contributed by atoms with van der Waals surface area (Å²) in [5, 5.41) is 7.86. The van der Waals surface area contributed by atoms with E-state index in [1.54, 1.807) is 6.33 Å². The zero-order valence-electron chi connectivity index (χ0n) is 13.4. The van der Waals surface area contributed by atoms with E-state index in [0.717, 1.165) is 51.4 Å². The molecule has 1 atom stereocenters. The SMILES string of the molecule is CCCNC(COCCC)Cc1ncnn1CC(C)C. The van der Waals surface area contributed by atoms with Crippen LogP contribution in [0, 0.1) is 5.92 Å². The van der Waals surface area contributed by atoms with Crippen molar-refractivity contribution in [3.63, 3.8) is 0 Å². The van der Waals surface area contributed by atoms with Gasteiger partial charge in [-0.1, -0.05) is 27.7 Å². The molecule has 0 aliphatic heterocycles. The lowest BCUT2D eigenvalue weighted by molar-refractivity contribution is 0.111. The second kappa shape index (κ2) is 9.88. The van der Waals surface area contributed by atoms with Crippen LogP contribution in [0.3, 0.4) is 0 Å². The predicted molar refractivity (Wildman–Crippen MR) is 81.8 cm³/mol. The molecule has 0 saturated heterocycles. The van der Waals surface area contributed by atoms with Gasteiger partial charge in [-0.25, -0.2) is 9.67 Å². The van der Waals surface area contributed by atoms with Crippen LogP contribution in [0.4, 0.5) is 0 Å².